The summed E-state index contributed by atoms with van der Waals surface area (Å²) in [5.41, 5.74) is 8.40. The van der Waals surface area contributed by atoms with Gasteiger partial charge in [-0.15, -0.1) is 0 Å². The van der Waals surface area contributed by atoms with E-state index in [0.29, 0.717) is 5.57 Å². The highest BCUT2D eigenvalue weighted by molar-refractivity contribution is 5.97. The first-order valence-electron chi connectivity index (χ1n) is 6.58. The molecule has 4 nitrogen and oxygen atoms in total. The van der Waals surface area contributed by atoms with Gasteiger partial charge in [0.2, 0.25) is 5.91 Å². The van der Waals surface area contributed by atoms with Gasteiger partial charge >= 0.3 is 0 Å². The van der Waals surface area contributed by atoms with Crippen molar-refractivity contribution in [3.63, 3.8) is 0 Å². The molecule has 0 unspecified atom stereocenters. The maximum absolute atomic E-state index is 11.1. The smallest absolute Gasteiger partial charge is 0.244 e. The average Bonchev–Trinajstić information content (AvgIpc) is 2.91. The van der Waals surface area contributed by atoms with Gasteiger partial charge in [0.1, 0.15) is 5.52 Å². The SMILES string of the molecule is CC(=Cc1ccc2noc(-c3ccccc3)c2c1)C(N)=O. The van der Waals surface area contributed by atoms with Gasteiger partial charge < -0.3 is 10.3 Å². The first-order chi connectivity index (χ1) is 10.1. The number of benzene rings is 2. The maximum Gasteiger partial charge on any atom is 0.244 e. The van der Waals surface area contributed by atoms with Crippen LogP contribution < -0.4 is 5.73 Å². The van der Waals surface area contributed by atoms with E-state index in [9.17, 15) is 4.79 Å². The molecular weight excluding hydrogens is 264 g/mol. The molecule has 0 saturated carbocycles. The molecule has 1 amide bonds. The van der Waals surface area contributed by atoms with Crippen molar-refractivity contribution in [2.24, 2.45) is 5.73 Å². The second-order valence-electron chi connectivity index (χ2n) is 4.85. The van der Waals surface area contributed by atoms with E-state index in [1.165, 1.54) is 0 Å². The lowest BCUT2D eigenvalue weighted by Gasteiger charge is -1.99. The van der Waals surface area contributed by atoms with E-state index in [4.69, 9.17) is 10.3 Å². The van der Waals surface area contributed by atoms with E-state index in [1.807, 2.05) is 48.5 Å². The Morgan fingerprint density at radius 2 is 1.95 bits per heavy atom. The molecule has 0 fully saturated rings. The molecule has 0 spiro atoms. The quantitative estimate of drug-likeness (QED) is 0.747. The number of rotatable bonds is 3. The normalized spacial score (nSPS) is 11.8. The number of carbonyl (C=O) groups excluding carboxylic acids is 1. The Labute approximate surface area is 121 Å². The van der Waals surface area contributed by atoms with Crippen molar-refractivity contribution in [1.29, 1.82) is 0 Å². The fourth-order valence-electron chi connectivity index (χ4n) is 2.17. The molecule has 1 heterocycles. The van der Waals surface area contributed by atoms with E-state index in [-0.39, 0.29) is 0 Å². The first kappa shape index (κ1) is 13.1. The van der Waals surface area contributed by atoms with E-state index >= 15 is 0 Å². The Bertz CT molecular complexity index is 832. The van der Waals surface area contributed by atoms with Crippen molar-refractivity contribution < 1.29 is 9.32 Å². The zero-order chi connectivity index (χ0) is 14.8. The summed E-state index contributed by atoms with van der Waals surface area (Å²) < 4.78 is 5.45. The molecule has 104 valence electrons. The van der Waals surface area contributed by atoms with Crippen molar-refractivity contribution in [1.82, 2.24) is 5.16 Å². The molecule has 1 aromatic heterocycles. The molecule has 21 heavy (non-hydrogen) atoms. The van der Waals surface area contributed by atoms with Crippen LogP contribution in [0.15, 0.2) is 58.6 Å². The lowest BCUT2D eigenvalue weighted by atomic mass is 10.0. The molecule has 3 rings (SSSR count). The Morgan fingerprint density at radius 3 is 2.67 bits per heavy atom. The van der Waals surface area contributed by atoms with Crippen LogP contribution in [0.4, 0.5) is 0 Å². The molecule has 0 bridgehead atoms. The van der Waals surface area contributed by atoms with Crippen LogP contribution in [0.2, 0.25) is 0 Å². The van der Waals surface area contributed by atoms with Gasteiger partial charge in [0.15, 0.2) is 5.76 Å². The van der Waals surface area contributed by atoms with E-state index in [2.05, 4.69) is 5.16 Å². The van der Waals surface area contributed by atoms with E-state index < -0.39 is 5.91 Å². The third-order valence-electron chi connectivity index (χ3n) is 3.31. The van der Waals surface area contributed by atoms with Crippen LogP contribution in [-0.4, -0.2) is 11.1 Å². The predicted octanol–water partition coefficient (Wildman–Crippen LogP) is 3.38. The van der Waals surface area contributed by atoms with E-state index in [0.717, 1.165) is 27.8 Å². The molecule has 0 aliphatic rings. The number of aromatic nitrogens is 1. The monoisotopic (exact) mass is 278 g/mol. The van der Waals surface area contributed by atoms with Gasteiger partial charge in [0, 0.05) is 11.1 Å². The van der Waals surface area contributed by atoms with Crippen LogP contribution in [0, 0.1) is 0 Å². The highest BCUT2D eigenvalue weighted by Crippen LogP contribution is 2.29. The Kier molecular flexibility index (Phi) is 3.28. The molecule has 0 aliphatic carbocycles. The van der Waals surface area contributed by atoms with Gasteiger partial charge in [-0.3, -0.25) is 4.79 Å². The highest BCUT2D eigenvalue weighted by Gasteiger charge is 2.10. The first-order valence-corrected chi connectivity index (χ1v) is 6.58. The number of nitrogens with zero attached hydrogens (tertiary/aromatic N) is 1. The molecule has 2 aromatic carbocycles. The summed E-state index contributed by atoms with van der Waals surface area (Å²) in [6, 6.07) is 15.5. The minimum absolute atomic E-state index is 0.427. The second-order valence-corrected chi connectivity index (χ2v) is 4.85. The zero-order valence-corrected chi connectivity index (χ0v) is 11.5. The molecule has 4 heteroatoms. The number of hydrogen-bond acceptors (Lipinski definition) is 3. The summed E-state index contributed by atoms with van der Waals surface area (Å²) in [6.07, 6.45) is 1.75. The summed E-state index contributed by atoms with van der Waals surface area (Å²) in [5.74, 6) is 0.293. The average molecular weight is 278 g/mol. The molecule has 0 atom stereocenters. The summed E-state index contributed by atoms with van der Waals surface area (Å²) in [5, 5.41) is 4.97. The van der Waals surface area contributed by atoms with Crippen LogP contribution >= 0.6 is 0 Å². The number of fused-ring (bicyclic) bond motifs is 1. The van der Waals surface area contributed by atoms with Crippen LogP contribution in [0.5, 0.6) is 0 Å². The molecule has 3 aromatic rings. The standard InChI is InChI=1S/C17H14N2O2/c1-11(17(18)20)9-12-7-8-15-14(10-12)16(21-19-15)13-5-3-2-4-6-13/h2-10H,1H3,(H2,18,20). The number of primary amides is 1. The lowest BCUT2D eigenvalue weighted by molar-refractivity contribution is -0.114. The third-order valence-corrected chi connectivity index (χ3v) is 3.31. The van der Waals surface area contributed by atoms with Crippen molar-refractivity contribution in [2.45, 2.75) is 6.92 Å². The molecule has 2 N–H and O–H groups in total. The highest BCUT2D eigenvalue weighted by atomic mass is 16.5. The van der Waals surface area contributed by atoms with Crippen molar-refractivity contribution in [3.8, 4) is 11.3 Å². The largest absolute Gasteiger partial charge is 0.366 e. The minimum atomic E-state index is -0.427. The van der Waals surface area contributed by atoms with Gasteiger partial charge in [-0.25, -0.2) is 0 Å². The number of hydrogen-bond donors (Lipinski definition) is 1. The fourth-order valence-corrected chi connectivity index (χ4v) is 2.17. The van der Waals surface area contributed by atoms with Crippen LogP contribution in [0.25, 0.3) is 28.3 Å². The van der Waals surface area contributed by atoms with Crippen LogP contribution in [0.1, 0.15) is 12.5 Å². The maximum atomic E-state index is 11.1. The van der Waals surface area contributed by atoms with Gasteiger partial charge in [-0.1, -0.05) is 41.6 Å². The van der Waals surface area contributed by atoms with Gasteiger partial charge in [0.05, 0.1) is 5.39 Å². The van der Waals surface area contributed by atoms with Crippen molar-refractivity contribution >= 4 is 22.9 Å². The van der Waals surface area contributed by atoms with Crippen LogP contribution in [-0.2, 0) is 4.79 Å². The summed E-state index contributed by atoms with van der Waals surface area (Å²) in [6.45, 7) is 1.69. The van der Waals surface area contributed by atoms with E-state index in [1.54, 1.807) is 13.0 Å². The van der Waals surface area contributed by atoms with Gasteiger partial charge in [-0.05, 0) is 30.7 Å². The topological polar surface area (TPSA) is 69.1 Å². The second kappa shape index (κ2) is 5.25. The summed E-state index contributed by atoms with van der Waals surface area (Å²) in [7, 11) is 0. The summed E-state index contributed by atoms with van der Waals surface area (Å²) in [4.78, 5) is 11.1. The summed E-state index contributed by atoms with van der Waals surface area (Å²) >= 11 is 0. The molecule has 0 radical (unpaired) electrons. The van der Waals surface area contributed by atoms with Gasteiger partial charge in [-0.2, -0.15) is 0 Å². The Balaban J connectivity index is 2.13. The molecular formula is C17H14N2O2. The van der Waals surface area contributed by atoms with Crippen molar-refractivity contribution in [2.75, 3.05) is 0 Å². The minimum Gasteiger partial charge on any atom is -0.366 e. The zero-order valence-electron chi connectivity index (χ0n) is 11.5. The molecule has 0 saturated heterocycles. The third kappa shape index (κ3) is 2.56. The van der Waals surface area contributed by atoms with Crippen LogP contribution in [0.3, 0.4) is 0 Å². The predicted molar refractivity (Wildman–Crippen MR) is 82.3 cm³/mol. The van der Waals surface area contributed by atoms with Gasteiger partial charge in [0.25, 0.3) is 0 Å². The molecule has 0 aliphatic heterocycles. The number of nitrogens with two attached hydrogens (primary N) is 1. The number of carbonyl (C=O) groups is 1. The lowest BCUT2D eigenvalue weighted by Crippen LogP contribution is -2.11. The number of amides is 1. The fraction of sp³-hybridized carbons (Fsp3) is 0.0588. The Hall–Kier alpha value is -2.88. The Morgan fingerprint density at radius 1 is 1.19 bits per heavy atom. The van der Waals surface area contributed by atoms with Crippen molar-refractivity contribution in [3.05, 3.63) is 59.7 Å².